The van der Waals surface area contributed by atoms with E-state index in [9.17, 15) is 14.4 Å². The van der Waals surface area contributed by atoms with Crippen LogP contribution < -0.4 is 0 Å². The van der Waals surface area contributed by atoms with E-state index < -0.39 is 17.6 Å². The SMILES string of the molecule is COC(=O)[C@@H]1CC[C@H]2OC3(CCN(C(=O)c4ccccc4)CC3)C(=O)N21. The zero-order chi connectivity index (χ0) is 18.3. The van der Waals surface area contributed by atoms with Gasteiger partial charge in [-0.25, -0.2) is 4.79 Å². The summed E-state index contributed by atoms with van der Waals surface area (Å²) in [5.74, 6) is -0.556. The first-order valence-electron chi connectivity index (χ1n) is 8.98. The molecular weight excluding hydrogens is 336 g/mol. The highest BCUT2D eigenvalue weighted by Gasteiger charge is 2.59. The molecule has 7 heteroatoms. The summed E-state index contributed by atoms with van der Waals surface area (Å²) >= 11 is 0. The van der Waals surface area contributed by atoms with Gasteiger partial charge < -0.3 is 19.3 Å². The molecule has 2 amide bonds. The number of methoxy groups -OCH3 is 1. The normalized spacial score (nSPS) is 26.9. The molecule has 1 aromatic rings. The maximum atomic E-state index is 13.0. The predicted octanol–water partition coefficient (Wildman–Crippen LogP) is 1.18. The smallest absolute Gasteiger partial charge is 0.328 e. The van der Waals surface area contributed by atoms with Crippen molar-refractivity contribution in [3.8, 4) is 0 Å². The monoisotopic (exact) mass is 358 g/mol. The van der Waals surface area contributed by atoms with Crippen LogP contribution in [0.2, 0.25) is 0 Å². The number of ether oxygens (including phenoxy) is 2. The lowest BCUT2D eigenvalue weighted by Gasteiger charge is -2.37. The lowest BCUT2D eigenvalue weighted by Crippen LogP contribution is -2.53. The van der Waals surface area contributed by atoms with Crippen molar-refractivity contribution in [1.29, 1.82) is 0 Å². The number of piperidine rings is 1. The van der Waals surface area contributed by atoms with Gasteiger partial charge in [0.15, 0.2) is 5.60 Å². The van der Waals surface area contributed by atoms with Gasteiger partial charge in [-0.3, -0.25) is 9.59 Å². The standard InChI is InChI=1S/C19H22N2O5/c1-25-17(23)14-7-8-15-21(14)18(24)19(26-15)9-11-20(12-10-19)16(22)13-5-3-2-4-6-13/h2-6,14-15H,7-12H2,1H3/t14-,15+/m0/s1. The van der Waals surface area contributed by atoms with Crippen molar-refractivity contribution in [3.05, 3.63) is 35.9 Å². The maximum Gasteiger partial charge on any atom is 0.328 e. The quantitative estimate of drug-likeness (QED) is 0.742. The molecule has 2 atom stereocenters. The summed E-state index contributed by atoms with van der Waals surface area (Å²) in [7, 11) is 1.33. The van der Waals surface area contributed by atoms with E-state index in [1.54, 1.807) is 21.9 Å². The van der Waals surface area contributed by atoms with E-state index >= 15 is 0 Å². The van der Waals surface area contributed by atoms with Crippen LogP contribution in [0.1, 0.15) is 36.0 Å². The third-order valence-electron chi connectivity index (χ3n) is 5.67. The molecule has 0 bridgehead atoms. The van der Waals surface area contributed by atoms with E-state index in [0.29, 0.717) is 44.3 Å². The van der Waals surface area contributed by atoms with Gasteiger partial charge in [-0.05, 0) is 25.0 Å². The second-order valence-electron chi connectivity index (χ2n) is 7.05. The van der Waals surface area contributed by atoms with E-state index in [4.69, 9.17) is 9.47 Å². The number of carbonyl (C=O) groups is 3. The molecule has 1 aromatic carbocycles. The molecule has 1 spiro atoms. The molecule has 26 heavy (non-hydrogen) atoms. The molecule has 3 aliphatic heterocycles. The number of carbonyl (C=O) groups excluding carboxylic acids is 3. The van der Waals surface area contributed by atoms with Crippen molar-refractivity contribution >= 4 is 17.8 Å². The molecule has 0 unspecified atom stereocenters. The third kappa shape index (κ3) is 2.58. The summed E-state index contributed by atoms with van der Waals surface area (Å²) in [4.78, 5) is 40.9. The van der Waals surface area contributed by atoms with Crippen LogP contribution in [-0.4, -0.2) is 65.7 Å². The van der Waals surface area contributed by atoms with Gasteiger partial charge in [-0.2, -0.15) is 0 Å². The molecule has 3 saturated heterocycles. The van der Waals surface area contributed by atoms with Gasteiger partial charge in [0.1, 0.15) is 12.3 Å². The lowest BCUT2D eigenvalue weighted by molar-refractivity contribution is -0.152. The highest BCUT2D eigenvalue weighted by atomic mass is 16.6. The Bertz CT molecular complexity index is 727. The van der Waals surface area contributed by atoms with Crippen molar-refractivity contribution in [2.24, 2.45) is 0 Å². The number of nitrogens with zero attached hydrogens (tertiary/aromatic N) is 2. The summed E-state index contributed by atoms with van der Waals surface area (Å²) in [6, 6.07) is 8.58. The molecule has 3 fully saturated rings. The van der Waals surface area contributed by atoms with Crippen molar-refractivity contribution in [2.45, 2.75) is 43.6 Å². The van der Waals surface area contributed by atoms with Gasteiger partial charge >= 0.3 is 5.97 Å². The van der Waals surface area contributed by atoms with E-state index in [2.05, 4.69) is 0 Å². The van der Waals surface area contributed by atoms with Gasteiger partial charge in [0.2, 0.25) is 0 Å². The molecule has 7 nitrogen and oxygen atoms in total. The number of likely N-dealkylation sites (tertiary alicyclic amines) is 1. The fourth-order valence-electron chi connectivity index (χ4n) is 4.25. The number of esters is 1. The minimum absolute atomic E-state index is 0.0289. The van der Waals surface area contributed by atoms with Crippen LogP contribution in [-0.2, 0) is 19.1 Å². The zero-order valence-electron chi connectivity index (χ0n) is 14.7. The number of hydrogen-bond donors (Lipinski definition) is 0. The van der Waals surface area contributed by atoms with E-state index in [1.165, 1.54) is 7.11 Å². The van der Waals surface area contributed by atoms with Crippen LogP contribution in [0.3, 0.4) is 0 Å². The number of amides is 2. The molecule has 0 saturated carbocycles. The third-order valence-corrected chi connectivity index (χ3v) is 5.67. The second-order valence-corrected chi connectivity index (χ2v) is 7.05. The molecular formula is C19H22N2O5. The first kappa shape index (κ1) is 17.0. The molecule has 4 rings (SSSR count). The van der Waals surface area contributed by atoms with Crippen molar-refractivity contribution in [1.82, 2.24) is 9.80 Å². The maximum absolute atomic E-state index is 13.0. The van der Waals surface area contributed by atoms with Gasteiger partial charge in [0.05, 0.1) is 7.11 Å². The van der Waals surface area contributed by atoms with E-state index in [0.717, 1.165) is 0 Å². The minimum atomic E-state index is -0.912. The Balaban J connectivity index is 1.45. The first-order valence-corrected chi connectivity index (χ1v) is 8.98. The lowest BCUT2D eigenvalue weighted by atomic mass is 9.89. The number of benzene rings is 1. The van der Waals surface area contributed by atoms with Crippen LogP contribution in [0.4, 0.5) is 0 Å². The van der Waals surface area contributed by atoms with Crippen molar-refractivity contribution in [3.63, 3.8) is 0 Å². The molecule has 0 N–H and O–H groups in total. The Hall–Kier alpha value is -2.41. The highest BCUT2D eigenvalue weighted by Crippen LogP contribution is 2.43. The van der Waals surface area contributed by atoms with Gasteiger partial charge in [0, 0.05) is 31.5 Å². The van der Waals surface area contributed by atoms with E-state index in [1.807, 2.05) is 18.2 Å². The van der Waals surface area contributed by atoms with Crippen LogP contribution >= 0.6 is 0 Å². The predicted molar refractivity (Wildman–Crippen MR) is 91.1 cm³/mol. The molecule has 3 aliphatic rings. The fraction of sp³-hybridized carbons (Fsp3) is 0.526. The Morgan fingerprint density at radius 1 is 1.15 bits per heavy atom. The molecule has 0 aromatic heterocycles. The number of fused-ring (bicyclic) bond motifs is 1. The Kier molecular flexibility index (Phi) is 4.19. The zero-order valence-corrected chi connectivity index (χ0v) is 14.7. The average Bonchev–Trinajstić information content (AvgIpc) is 3.20. The van der Waals surface area contributed by atoms with Gasteiger partial charge in [-0.15, -0.1) is 0 Å². The average molecular weight is 358 g/mol. The summed E-state index contributed by atoms with van der Waals surface area (Å²) in [5.41, 5.74) is -0.265. The molecule has 138 valence electrons. The summed E-state index contributed by atoms with van der Waals surface area (Å²) in [6.45, 7) is 0.922. The largest absolute Gasteiger partial charge is 0.467 e. The van der Waals surface area contributed by atoms with E-state index in [-0.39, 0.29) is 18.0 Å². The van der Waals surface area contributed by atoms with Crippen LogP contribution in [0.25, 0.3) is 0 Å². The summed E-state index contributed by atoms with van der Waals surface area (Å²) in [5, 5.41) is 0. The second kappa shape index (κ2) is 6.39. The Labute approximate surface area is 151 Å². The van der Waals surface area contributed by atoms with Crippen molar-refractivity contribution < 1.29 is 23.9 Å². The Morgan fingerprint density at radius 2 is 1.85 bits per heavy atom. The molecule has 0 aliphatic carbocycles. The molecule has 0 radical (unpaired) electrons. The van der Waals surface area contributed by atoms with Gasteiger partial charge in [-0.1, -0.05) is 18.2 Å². The number of hydrogen-bond acceptors (Lipinski definition) is 5. The minimum Gasteiger partial charge on any atom is -0.467 e. The fourth-order valence-corrected chi connectivity index (χ4v) is 4.25. The topological polar surface area (TPSA) is 76.1 Å². The summed E-state index contributed by atoms with van der Waals surface area (Å²) < 4.78 is 10.9. The van der Waals surface area contributed by atoms with Crippen LogP contribution in [0.15, 0.2) is 30.3 Å². The highest BCUT2D eigenvalue weighted by molar-refractivity contribution is 5.95. The summed E-state index contributed by atoms with van der Waals surface area (Å²) in [6.07, 6.45) is 1.75. The van der Waals surface area contributed by atoms with Crippen molar-refractivity contribution in [2.75, 3.05) is 20.2 Å². The van der Waals surface area contributed by atoms with Gasteiger partial charge in [0.25, 0.3) is 11.8 Å². The van der Waals surface area contributed by atoms with Crippen LogP contribution in [0, 0.1) is 0 Å². The molecule has 3 heterocycles. The number of rotatable bonds is 2. The first-order chi connectivity index (χ1) is 12.6. The van der Waals surface area contributed by atoms with Crippen LogP contribution in [0.5, 0.6) is 0 Å². The Morgan fingerprint density at radius 3 is 2.50 bits per heavy atom.